The van der Waals surface area contributed by atoms with Crippen molar-refractivity contribution < 1.29 is 4.79 Å². The van der Waals surface area contributed by atoms with E-state index in [2.05, 4.69) is 17.4 Å². The van der Waals surface area contributed by atoms with Crippen LogP contribution in [0.5, 0.6) is 0 Å². The van der Waals surface area contributed by atoms with Gasteiger partial charge in [-0.05, 0) is 80.3 Å². The number of fused-ring (bicyclic) bond motifs is 3. The maximum Gasteiger partial charge on any atom is 0.248 e. The van der Waals surface area contributed by atoms with Crippen LogP contribution in [0.1, 0.15) is 60.0 Å². The van der Waals surface area contributed by atoms with Crippen LogP contribution in [0, 0.1) is 5.92 Å². The van der Waals surface area contributed by atoms with Crippen LogP contribution in [0.3, 0.4) is 0 Å². The van der Waals surface area contributed by atoms with Crippen molar-refractivity contribution >= 4 is 5.91 Å². The summed E-state index contributed by atoms with van der Waals surface area (Å²) in [4.78, 5) is 11.6. The first-order valence-corrected chi connectivity index (χ1v) is 8.25. The van der Waals surface area contributed by atoms with Crippen LogP contribution in [0.25, 0.3) is 0 Å². The number of hydrogen-bond donors (Lipinski definition) is 2. The molecular formula is C18H26N2O. The van der Waals surface area contributed by atoms with Crippen molar-refractivity contribution in [2.75, 3.05) is 13.6 Å². The summed E-state index contributed by atoms with van der Waals surface area (Å²) in [5.41, 5.74) is 9.30. The molecule has 21 heavy (non-hydrogen) atoms. The molecule has 2 atom stereocenters. The van der Waals surface area contributed by atoms with E-state index in [0.29, 0.717) is 5.56 Å². The third-order valence-corrected chi connectivity index (χ3v) is 5.72. The van der Waals surface area contributed by atoms with Crippen molar-refractivity contribution in [1.82, 2.24) is 5.32 Å². The monoisotopic (exact) mass is 286 g/mol. The number of nitrogens with one attached hydrogen (secondary N) is 1. The third kappa shape index (κ3) is 2.48. The summed E-state index contributed by atoms with van der Waals surface area (Å²) in [5.74, 6) is 0.467. The van der Waals surface area contributed by atoms with Gasteiger partial charge in [0.2, 0.25) is 5.91 Å². The van der Waals surface area contributed by atoms with E-state index in [1.165, 1.54) is 49.7 Å². The average molecular weight is 286 g/mol. The van der Waals surface area contributed by atoms with Gasteiger partial charge in [0.15, 0.2) is 0 Å². The smallest absolute Gasteiger partial charge is 0.248 e. The Hall–Kier alpha value is -1.35. The predicted molar refractivity (Wildman–Crippen MR) is 85.5 cm³/mol. The number of nitrogens with two attached hydrogens (primary N) is 1. The lowest BCUT2D eigenvalue weighted by Gasteiger charge is -2.49. The second-order valence-corrected chi connectivity index (χ2v) is 6.73. The standard InChI is InChI=1S/C18H26N2O/c1-20-11-10-18-9-3-2-4-15(18)8-7-13-5-6-14(17(19)21)12-16(13)18/h5-6,12,15,20H,2-4,7-11H2,1H3,(H2,19,21)/t15-,18+/m1/s1. The fraction of sp³-hybridized carbons (Fsp3) is 0.611. The van der Waals surface area contributed by atoms with Gasteiger partial charge in [0.05, 0.1) is 0 Å². The second-order valence-electron chi connectivity index (χ2n) is 6.73. The number of amides is 1. The number of rotatable bonds is 4. The Morgan fingerprint density at radius 2 is 2.24 bits per heavy atom. The molecule has 3 rings (SSSR count). The molecule has 1 fully saturated rings. The largest absolute Gasteiger partial charge is 0.366 e. The number of carbonyl (C=O) groups excluding carboxylic acids is 1. The first-order chi connectivity index (χ1) is 10.2. The second kappa shape index (κ2) is 5.80. The SMILES string of the molecule is CNCC[C@@]12CCCC[C@@H]1CCc1ccc(C(N)=O)cc12. The average Bonchev–Trinajstić information content (AvgIpc) is 2.52. The van der Waals surface area contributed by atoms with E-state index >= 15 is 0 Å². The van der Waals surface area contributed by atoms with Gasteiger partial charge in [-0.2, -0.15) is 0 Å². The van der Waals surface area contributed by atoms with Gasteiger partial charge in [0, 0.05) is 5.56 Å². The van der Waals surface area contributed by atoms with E-state index in [1.807, 2.05) is 13.1 Å². The highest BCUT2D eigenvalue weighted by atomic mass is 16.1. The molecule has 1 saturated carbocycles. The van der Waals surface area contributed by atoms with E-state index in [4.69, 9.17) is 5.73 Å². The summed E-state index contributed by atoms with van der Waals surface area (Å²) in [6.45, 7) is 1.04. The van der Waals surface area contributed by atoms with Crippen molar-refractivity contribution in [3.8, 4) is 0 Å². The Balaban J connectivity index is 2.07. The molecule has 114 valence electrons. The Morgan fingerprint density at radius 1 is 1.38 bits per heavy atom. The number of primary amides is 1. The molecule has 0 spiro atoms. The molecule has 0 bridgehead atoms. The predicted octanol–water partition coefficient (Wildman–Crippen LogP) is 2.77. The van der Waals surface area contributed by atoms with Crippen LogP contribution in [-0.2, 0) is 11.8 Å². The van der Waals surface area contributed by atoms with E-state index in [1.54, 1.807) is 0 Å². The zero-order chi connectivity index (χ0) is 14.9. The third-order valence-electron chi connectivity index (χ3n) is 5.72. The van der Waals surface area contributed by atoms with Gasteiger partial charge < -0.3 is 11.1 Å². The zero-order valence-electron chi connectivity index (χ0n) is 13.0. The Bertz CT molecular complexity index is 540. The molecule has 3 N–H and O–H groups in total. The zero-order valence-corrected chi connectivity index (χ0v) is 13.0. The first kappa shape index (κ1) is 14.6. The topological polar surface area (TPSA) is 55.1 Å². The molecule has 0 aromatic heterocycles. The quantitative estimate of drug-likeness (QED) is 0.894. The number of hydrogen-bond acceptors (Lipinski definition) is 2. The van der Waals surface area contributed by atoms with Gasteiger partial charge >= 0.3 is 0 Å². The Labute approximate surface area is 127 Å². The number of carbonyl (C=O) groups is 1. The Kier molecular flexibility index (Phi) is 4.03. The summed E-state index contributed by atoms with van der Waals surface area (Å²) in [6.07, 6.45) is 8.88. The maximum absolute atomic E-state index is 11.6. The molecule has 0 saturated heterocycles. The molecule has 2 aliphatic carbocycles. The van der Waals surface area contributed by atoms with Crippen LogP contribution in [-0.4, -0.2) is 19.5 Å². The van der Waals surface area contributed by atoms with Gasteiger partial charge in [-0.1, -0.05) is 18.9 Å². The van der Waals surface area contributed by atoms with Gasteiger partial charge in [-0.25, -0.2) is 0 Å². The highest BCUT2D eigenvalue weighted by molar-refractivity contribution is 5.93. The summed E-state index contributed by atoms with van der Waals surface area (Å²) < 4.78 is 0. The minimum Gasteiger partial charge on any atom is -0.366 e. The van der Waals surface area contributed by atoms with Crippen LogP contribution >= 0.6 is 0 Å². The molecule has 0 heterocycles. The first-order valence-electron chi connectivity index (χ1n) is 8.25. The van der Waals surface area contributed by atoms with Gasteiger partial charge in [-0.15, -0.1) is 0 Å². The number of benzene rings is 1. The van der Waals surface area contributed by atoms with E-state index in [0.717, 1.165) is 18.9 Å². The molecule has 0 aliphatic heterocycles. The normalized spacial score (nSPS) is 27.8. The molecule has 3 heteroatoms. The lowest BCUT2D eigenvalue weighted by atomic mass is 9.55. The molecule has 1 aromatic rings. The Morgan fingerprint density at radius 3 is 3.00 bits per heavy atom. The highest BCUT2D eigenvalue weighted by Crippen LogP contribution is 2.52. The van der Waals surface area contributed by atoms with Crippen molar-refractivity contribution in [2.45, 2.75) is 50.4 Å². The lowest BCUT2D eigenvalue weighted by molar-refractivity contribution is 0.0999. The van der Waals surface area contributed by atoms with Crippen molar-refractivity contribution in [1.29, 1.82) is 0 Å². The summed E-state index contributed by atoms with van der Waals surface area (Å²) >= 11 is 0. The van der Waals surface area contributed by atoms with E-state index in [-0.39, 0.29) is 11.3 Å². The van der Waals surface area contributed by atoms with E-state index < -0.39 is 0 Å². The van der Waals surface area contributed by atoms with Crippen LogP contribution in [0.15, 0.2) is 18.2 Å². The van der Waals surface area contributed by atoms with Crippen LogP contribution < -0.4 is 11.1 Å². The highest BCUT2D eigenvalue weighted by Gasteiger charge is 2.44. The summed E-state index contributed by atoms with van der Waals surface area (Å²) in [5, 5.41) is 3.32. The van der Waals surface area contributed by atoms with Crippen molar-refractivity contribution in [2.24, 2.45) is 11.7 Å². The van der Waals surface area contributed by atoms with Crippen LogP contribution in [0.4, 0.5) is 0 Å². The van der Waals surface area contributed by atoms with Gasteiger partial charge in [0.1, 0.15) is 0 Å². The van der Waals surface area contributed by atoms with Crippen LogP contribution in [0.2, 0.25) is 0 Å². The lowest BCUT2D eigenvalue weighted by Crippen LogP contribution is -2.44. The number of aryl methyl sites for hydroxylation is 1. The molecule has 1 aromatic carbocycles. The van der Waals surface area contributed by atoms with Crippen molar-refractivity contribution in [3.63, 3.8) is 0 Å². The molecular weight excluding hydrogens is 260 g/mol. The fourth-order valence-electron chi connectivity index (χ4n) is 4.64. The molecule has 2 aliphatic rings. The summed E-state index contributed by atoms with van der Waals surface area (Å²) in [7, 11) is 2.03. The minimum atomic E-state index is -0.306. The minimum absolute atomic E-state index is 0.264. The van der Waals surface area contributed by atoms with Gasteiger partial charge in [0.25, 0.3) is 0 Å². The fourth-order valence-corrected chi connectivity index (χ4v) is 4.64. The maximum atomic E-state index is 11.6. The molecule has 3 nitrogen and oxygen atoms in total. The molecule has 0 radical (unpaired) electrons. The summed E-state index contributed by atoms with van der Waals surface area (Å²) in [6, 6.07) is 6.14. The van der Waals surface area contributed by atoms with E-state index in [9.17, 15) is 4.79 Å². The van der Waals surface area contributed by atoms with Gasteiger partial charge in [-0.3, -0.25) is 4.79 Å². The molecule has 0 unspecified atom stereocenters. The van der Waals surface area contributed by atoms with Crippen molar-refractivity contribution in [3.05, 3.63) is 34.9 Å². The molecule has 1 amide bonds.